The first-order chi connectivity index (χ1) is 11.8. The molecular weight excluding hydrogens is 325 g/mol. The lowest BCUT2D eigenvalue weighted by Crippen LogP contribution is -2.51. The molecule has 7 unspecified atom stereocenters. The fraction of sp³-hybridized carbons (Fsp3) is 0.889. The Morgan fingerprint density at radius 3 is 2.72 bits per heavy atom. The summed E-state index contributed by atoms with van der Waals surface area (Å²) >= 11 is 0. The van der Waals surface area contributed by atoms with E-state index in [-0.39, 0.29) is 24.8 Å². The Morgan fingerprint density at radius 2 is 2.08 bits per heavy atom. The molecule has 144 valence electrons. The van der Waals surface area contributed by atoms with Crippen LogP contribution in [-0.4, -0.2) is 48.3 Å². The highest BCUT2D eigenvalue weighted by Crippen LogP contribution is 2.42. The second-order valence-electron chi connectivity index (χ2n) is 7.76. The topological polar surface area (TPSA) is 104 Å². The van der Waals surface area contributed by atoms with E-state index in [0.29, 0.717) is 30.7 Å². The van der Waals surface area contributed by atoms with Crippen LogP contribution in [0.25, 0.3) is 0 Å². The molecule has 0 bridgehead atoms. The van der Waals surface area contributed by atoms with Gasteiger partial charge in [0.15, 0.2) is 0 Å². The number of piperidine rings is 1. The van der Waals surface area contributed by atoms with Gasteiger partial charge in [0.2, 0.25) is 5.91 Å². The van der Waals surface area contributed by atoms with Gasteiger partial charge in [-0.2, -0.15) is 0 Å². The molecule has 1 heterocycles. The summed E-state index contributed by atoms with van der Waals surface area (Å²) in [5.41, 5.74) is 5.42. The lowest BCUT2D eigenvalue weighted by molar-refractivity contribution is -0.138. The number of carboxylic acids is 1. The number of halogens is 1. The van der Waals surface area contributed by atoms with E-state index in [1.807, 2.05) is 0 Å². The molecule has 6 nitrogen and oxygen atoms in total. The maximum atomic E-state index is 14.4. The first kappa shape index (κ1) is 20.1. The number of hydrogen-bond acceptors (Lipinski definition) is 4. The minimum atomic E-state index is -1.15. The molecular formula is C18H32FN3O3. The van der Waals surface area contributed by atoms with E-state index in [9.17, 15) is 14.0 Å². The van der Waals surface area contributed by atoms with Gasteiger partial charge < -0.3 is 21.5 Å². The molecule has 1 amide bonds. The van der Waals surface area contributed by atoms with E-state index < -0.39 is 24.1 Å². The molecule has 2 aliphatic rings. The van der Waals surface area contributed by atoms with Crippen molar-refractivity contribution in [2.45, 2.75) is 64.2 Å². The second kappa shape index (κ2) is 8.94. The van der Waals surface area contributed by atoms with Crippen molar-refractivity contribution in [3.63, 3.8) is 0 Å². The summed E-state index contributed by atoms with van der Waals surface area (Å²) in [6, 6.07) is -0.750. The van der Waals surface area contributed by atoms with Gasteiger partial charge in [0.05, 0.1) is 0 Å². The Hall–Kier alpha value is -1.21. The van der Waals surface area contributed by atoms with Gasteiger partial charge >= 0.3 is 5.97 Å². The van der Waals surface area contributed by atoms with Crippen LogP contribution < -0.4 is 16.4 Å². The molecule has 0 radical (unpaired) electrons. The van der Waals surface area contributed by atoms with E-state index in [1.165, 1.54) is 0 Å². The smallest absolute Gasteiger partial charge is 0.322 e. The Labute approximate surface area is 149 Å². The number of aliphatic carboxylic acids is 1. The molecule has 7 atom stereocenters. The third-order valence-electron chi connectivity index (χ3n) is 5.98. The Bertz CT molecular complexity index is 476. The van der Waals surface area contributed by atoms with E-state index in [2.05, 4.69) is 24.5 Å². The number of rotatable bonds is 6. The molecule has 1 aliphatic heterocycles. The van der Waals surface area contributed by atoms with Gasteiger partial charge in [0.1, 0.15) is 12.2 Å². The number of carboxylic acid groups (broad SMARTS) is 1. The monoisotopic (exact) mass is 357 g/mol. The zero-order valence-corrected chi connectivity index (χ0v) is 15.2. The summed E-state index contributed by atoms with van der Waals surface area (Å²) in [7, 11) is 0. The lowest BCUT2D eigenvalue weighted by atomic mass is 9.65. The molecule has 0 aromatic heterocycles. The minimum absolute atomic E-state index is 0.120. The number of nitrogens with one attached hydrogen (secondary N) is 2. The largest absolute Gasteiger partial charge is 0.480 e. The molecule has 0 aromatic carbocycles. The maximum Gasteiger partial charge on any atom is 0.322 e. The van der Waals surface area contributed by atoms with Crippen molar-refractivity contribution in [1.82, 2.24) is 10.6 Å². The summed E-state index contributed by atoms with van der Waals surface area (Å²) < 4.78 is 14.4. The highest BCUT2D eigenvalue weighted by atomic mass is 19.1. The Balaban J connectivity index is 2.00. The molecule has 1 saturated heterocycles. The van der Waals surface area contributed by atoms with Gasteiger partial charge in [0, 0.05) is 18.5 Å². The number of carbonyl (C=O) groups excluding carboxylic acids is 1. The van der Waals surface area contributed by atoms with Crippen molar-refractivity contribution in [3.8, 4) is 0 Å². The van der Waals surface area contributed by atoms with E-state index >= 15 is 0 Å². The van der Waals surface area contributed by atoms with Crippen LogP contribution >= 0.6 is 0 Å². The normalized spacial score (nSPS) is 37.3. The third kappa shape index (κ3) is 5.14. The predicted octanol–water partition coefficient (Wildman–Crippen LogP) is 1.29. The molecule has 1 saturated carbocycles. The molecule has 2 fully saturated rings. The van der Waals surface area contributed by atoms with Gasteiger partial charge in [-0.1, -0.05) is 13.8 Å². The zero-order valence-electron chi connectivity index (χ0n) is 15.2. The average Bonchev–Trinajstić information content (AvgIpc) is 2.58. The summed E-state index contributed by atoms with van der Waals surface area (Å²) in [5, 5.41) is 14.9. The molecule has 0 spiro atoms. The standard InChI is InChI=1S/C18H32FN3O3/c1-3-15-16(10(2)4-5-21-15)11-6-12(8-13(19)7-11)17(23)22-9-14(20)18(24)25/h10-16,21H,3-9,20H2,1-2H3,(H,22,23)(H,24,25). The molecule has 2 rings (SSSR count). The SMILES string of the molecule is CCC1NCCC(C)C1C1CC(F)CC(C(=O)NCC(N)C(=O)O)C1. The van der Waals surface area contributed by atoms with Crippen molar-refractivity contribution >= 4 is 11.9 Å². The van der Waals surface area contributed by atoms with E-state index in [4.69, 9.17) is 10.8 Å². The number of hydrogen-bond donors (Lipinski definition) is 4. The summed E-state index contributed by atoms with van der Waals surface area (Å²) in [6.07, 6.45) is 2.52. The Morgan fingerprint density at radius 1 is 1.36 bits per heavy atom. The van der Waals surface area contributed by atoms with Crippen LogP contribution in [0.4, 0.5) is 4.39 Å². The van der Waals surface area contributed by atoms with Crippen molar-refractivity contribution in [2.24, 2.45) is 29.4 Å². The molecule has 1 aliphatic carbocycles. The van der Waals surface area contributed by atoms with E-state index in [0.717, 1.165) is 19.4 Å². The number of alkyl halides is 1. The van der Waals surface area contributed by atoms with E-state index in [1.54, 1.807) is 0 Å². The van der Waals surface area contributed by atoms with Crippen LogP contribution in [0.15, 0.2) is 0 Å². The number of amides is 1. The highest BCUT2D eigenvalue weighted by molar-refractivity contribution is 5.80. The van der Waals surface area contributed by atoms with Crippen molar-refractivity contribution < 1.29 is 19.1 Å². The second-order valence-corrected chi connectivity index (χ2v) is 7.76. The fourth-order valence-electron chi connectivity index (χ4n) is 4.69. The number of nitrogens with two attached hydrogens (primary N) is 1. The Kier molecular flexibility index (Phi) is 7.19. The minimum Gasteiger partial charge on any atom is -0.480 e. The van der Waals surface area contributed by atoms with Gasteiger partial charge in [-0.15, -0.1) is 0 Å². The lowest BCUT2D eigenvalue weighted by Gasteiger charge is -2.45. The van der Waals surface area contributed by atoms with Crippen LogP contribution in [0.3, 0.4) is 0 Å². The zero-order chi connectivity index (χ0) is 18.6. The highest BCUT2D eigenvalue weighted by Gasteiger charge is 2.42. The van der Waals surface area contributed by atoms with Crippen LogP contribution in [0.1, 0.15) is 46.0 Å². The van der Waals surface area contributed by atoms with Gasteiger partial charge in [-0.25, -0.2) is 4.39 Å². The van der Waals surface area contributed by atoms with Crippen LogP contribution in [0.5, 0.6) is 0 Å². The first-order valence-corrected chi connectivity index (χ1v) is 9.47. The molecule has 5 N–H and O–H groups in total. The summed E-state index contributed by atoms with van der Waals surface area (Å²) in [5.74, 6) is -0.743. The average molecular weight is 357 g/mol. The van der Waals surface area contributed by atoms with Crippen LogP contribution in [0.2, 0.25) is 0 Å². The third-order valence-corrected chi connectivity index (χ3v) is 5.98. The predicted molar refractivity (Wildman–Crippen MR) is 93.7 cm³/mol. The van der Waals surface area contributed by atoms with Crippen molar-refractivity contribution in [3.05, 3.63) is 0 Å². The first-order valence-electron chi connectivity index (χ1n) is 9.47. The van der Waals surface area contributed by atoms with Gasteiger partial charge in [-0.3, -0.25) is 9.59 Å². The molecule has 7 heteroatoms. The maximum absolute atomic E-state index is 14.4. The summed E-state index contributed by atoms with van der Waals surface area (Å²) in [4.78, 5) is 23.2. The molecule has 25 heavy (non-hydrogen) atoms. The van der Waals surface area contributed by atoms with Crippen LogP contribution in [-0.2, 0) is 9.59 Å². The van der Waals surface area contributed by atoms with Crippen molar-refractivity contribution in [1.29, 1.82) is 0 Å². The van der Waals surface area contributed by atoms with Crippen LogP contribution in [0, 0.1) is 23.7 Å². The quantitative estimate of drug-likeness (QED) is 0.573. The van der Waals surface area contributed by atoms with Crippen molar-refractivity contribution in [2.75, 3.05) is 13.1 Å². The fourth-order valence-corrected chi connectivity index (χ4v) is 4.69. The summed E-state index contributed by atoms with van der Waals surface area (Å²) in [6.45, 7) is 5.26. The van der Waals surface area contributed by atoms with Gasteiger partial charge in [0.25, 0.3) is 0 Å². The number of carbonyl (C=O) groups is 2. The van der Waals surface area contributed by atoms with Gasteiger partial charge in [-0.05, 0) is 56.4 Å². The molecule has 0 aromatic rings.